The average Bonchev–Trinajstić information content (AvgIpc) is 2.80. The van der Waals surface area contributed by atoms with E-state index in [4.69, 9.17) is 14.2 Å². The van der Waals surface area contributed by atoms with Crippen LogP contribution in [0.5, 0.6) is 0 Å². The van der Waals surface area contributed by atoms with Crippen molar-refractivity contribution in [2.75, 3.05) is 7.11 Å². The fraction of sp³-hybridized carbons (Fsp3) is 0.667. The molecule has 1 fully saturated rings. The largest absolute Gasteiger partial charge is 0.455 e. The van der Waals surface area contributed by atoms with Gasteiger partial charge in [-0.2, -0.15) is 0 Å². The van der Waals surface area contributed by atoms with Crippen molar-refractivity contribution >= 4 is 5.97 Å². The Kier molecular flexibility index (Phi) is 5.06. The van der Waals surface area contributed by atoms with Crippen molar-refractivity contribution in [3.63, 3.8) is 0 Å². The number of nitrogens with one attached hydrogen (secondary N) is 1. The third kappa shape index (κ3) is 3.09. The molecule has 2 heterocycles. The van der Waals surface area contributed by atoms with Gasteiger partial charge in [-0.25, -0.2) is 4.79 Å². The Bertz CT molecular complexity index is 675. The van der Waals surface area contributed by atoms with E-state index in [0.717, 1.165) is 0 Å². The van der Waals surface area contributed by atoms with Crippen LogP contribution in [-0.4, -0.2) is 40.4 Å². The van der Waals surface area contributed by atoms with Crippen molar-refractivity contribution in [1.29, 1.82) is 0 Å². The Morgan fingerprint density at radius 2 is 2.04 bits per heavy atom. The summed E-state index contributed by atoms with van der Waals surface area (Å²) in [4.78, 5) is 37.0. The molecule has 0 spiro atoms. The van der Waals surface area contributed by atoms with Crippen molar-refractivity contribution in [2.45, 2.75) is 57.6 Å². The Morgan fingerprint density at radius 1 is 1.39 bits per heavy atom. The van der Waals surface area contributed by atoms with Crippen LogP contribution < -0.4 is 11.2 Å². The Morgan fingerprint density at radius 3 is 2.52 bits per heavy atom. The number of rotatable bonds is 5. The Hall–Kier alpha value is -1.93. The first-order chi connectivity index (χ1) is 10.9. The van der Waals surface area contributed by atoms with Crippen LogP contribution in [0.2, 0.25) is 0 Å². The lowest BCUT2D eigenvalue weighted by Gasteiger charge is -2.31. The lowest BCUT2D eigenvalue weighted by molar-refractivity contribution is -0.156. The number of H-pyrrole nitrogens is 1. The summed E-state index contributed by atoms with van der Waals surface area (Å²) in [6.07, 6.45) is 0.387. The fourth-order valence-corrected chi connectivity index (χ4v) is 3.15. The SMILES string of the molecule is CCC1(CC)O[C@@H](n2ccc(=O)[nH]c2=O)[C@H](OC(C)=O)[C@@H]1OC. The topological polar surface area (TPSA) is 99.6 Å². The van der Waals surface area contributed by atoms with Gasteiger partial charge < -0.3 is 14.2 Å². The minimum absolute atomic E-state index is 0.494. The molecular formula is C15H22N2O6. The van der Waals surface area contributed by atoms with Gasteiger partial charge in [0, 0.05) is 26.3 Å². The van der Waals surface area contributed by atoms with Crippen LogP contribution >= 0.6 is 0 Å². The standard InChI is InChI=1S/C15H22N2O6/c1-5-15(6-2)12(21-4)11(22-9(3)18)13(23-15)17-8-7-10(19)16-14(17)20/h7-8,11-13H,5-6H2,1-4H3,(H,16,19,20)/t11-,12+,13-/m1/s1. The molecule has 1 N–H and O–H groups in total. The third-order valence-electron chi connectivity index (χ3n) is 4.33. The quantitative estimate of drug-likeness (QED) is 0.794. The molecule has 0 bridgehead atoms. The van der Waals surface area contributed by atoms with E-state index in [0.29, 0.717) is 12.8 Å². The molecule has 0 unspecified atom stereocenters. The number of nitrogens with zero attached hydrogens (tertiary/aromatic N) is 1. The van der Waals surface area contributed by atoms with Crippen LogP contribution in [0.4, 0.5) is 0 Å². The van der Waals surface area contributed by atoms with Crippen LogP contribution in [0.25, 0.3) is 0 Å². The van der Waals surface area contributed by atoms with Crippen molar-refractivity contribution in [1.82, 2.24) is 9.55 Å². The van der Waals surface area contributed by atoms with Crippen molar-refractivity contribution < 1.29 is 19.0 Å². The predicted molar refractivity (Wildman–Crippen MR) is 81.1 cm³/mol. The maximum absolute atomic E-state index is 12.1. The molecule has 1 saturated heterocycles. The molecule has 3 atom stereocenters. The van der Waals surface area contributed by atoms with Crippen LogP contribution in [-0.2, 0) is 19.0 Å². The molecule has 8 heteroatoms. The zero-order chi connectivity index (χ0) is 17.2. The molecule has 0 aromatic carbocycles. The van der Waals surface area contributed by atoms with Crippen molar-refractivity contribution in [3.05, 3.63) is 33.1 Å². The number of methoxy groups -OCH3 is 1. The summed E-state index contributed by atoms with van der Waals surface area (Å²) >= 11 is 0. The number of aromatic amines is 1. The predicted octanol–water partition coefficient (Wildman–Crippen LogP) is 0.571. The monoisotopic (exact) mass is 326 g/mol. The molecule has 1 aliphatic rings. The van der Waals surface area contributed by atoms with E-state index in [2.05, 4.69) is 4.98 Å². The first-order valence-corrected chi connectivity index (χ1v) is 7.57. The van der Waals surface area contributed by atoms with Crippen LogP contribution in [0.15, 0.2) is 21.9 Å². The van der Waals surface area contributed by atoms with E-state index in [1.807, 2.05) is 13.8 Å². The van der Waals surface area contributed by atoms with Gasteiger partial charge in [-0.1, -0.05) is 13.8 Å². The number of ether oxygens (including phenoxy) is 3. The number of hydrogen-bond acceptors (Lipinski definition) is 6. The molecule has 0 amide bonds. The van der Waals surface area contributed by atoms with Crippen LogP contribution in [0.1, 0.15) is 39.8 Å². The van der Waals surface area contributed by atoms with Gasteiger partial charge in [0.15, 0.2) is 12.3 Å². The summed E-state index contributed by atoms with van der Waals surface area (Å²) in [6, 6.07) is 1.22. The highest BCUT2D eigenvalue weighted by molar-refractivity contribution is 5.66. The zero-order valence-corrected chi connectivity index (χ0v) is 13.7. The van der Waals surface area contributed by atoms with Crippen molar-refractivity contribution in [2.24, 2.45) is 0 Å². The summed E-state index contributed by atoms with van der Waals surface area (Å²) in [5.74, 6) is -0.494. The molecule has 1 aromatic heterocycles. The second kappa shape index (κ2) is 6.67. The molecule has 0 radical (unpaired) electrons. The highest BCUT2D eigenvalue weighted by Gasteiger charge is 2.56. The van der Waals surface area contributed by atoms with Gasteiger partial charge in [-0.3, -0.25) is 19.1 Å². The smallest absolute Gasteiger partial charge is 0.330 e. The number of aromatic nitrogens is 2. The third-order valence-corrected chi connectivity index (χ3v) is 4.33. The summed E-state index contributed by atoms with van der Waals surface area (Å²) in [5.41, 5.74) is -1.82. The van der Waals surface area contributed by atoms with Gasteiger partial charge in [0.1, 0.15) is 11.7 Å². The molecule has 8 nitrogen and oxygen atoms in total. The van der Waals surface area contributed by atoms with Crippen molar-refractivity contribution in [3.8, 4) is 0 Å². The van der Waals surface area contributed by atoms with Gasteiger partial charge in [0.25, 0.3) is 5.56 Å². The summed E-state index contributed by atoms with van der Waals surface area (Å²) in [6.45, 7) is 5.17. The van der Waals surface area contributed by atoms with E-state index in [1.54, 1.807) is 0 Å². The van der Waals surface area contributed by atoms with Gasteiger partial charge in [-0.05, 0) is 12.8 Å². The van der Waals surface area contributed by atoms with E-state index in [-0.39, 0.29) is 0 Å². The Labute approximate surface area is 133 Å². The molecule has 23 heavy (non-hydrogen) atoms. The van der Waals surface area contributed by atoms with E-state index >= 15 is 0 Å². The highest BCUT2D eigenvalue weighted by atomic mass is 16.6. The summed E-state index contributed by atoms with van der Waals surface area (Å²) < 4.78 is 18.3. The molecule has 1 aliphatic heterocycles. The molecule has 0 saturated carbocycles. The minimum atomic E-state index is -0.867. The second-order valence-corrected chi connectivity index (χ2v) is 5.53. The number of esters is 1. The molecule has 128 valence electrons. The summed E-state index contributed by atoms with van der Waals surface area (Å²) in [5, 5.41) is 0. The first-order valence-electron chi connectivity index (χ1n) is 7.57. The second-order valence-electron chi connectivity index (χ2n) is 5.53. The zero-order valence-electron chi connectivity index (χ0n) is 13.7. The molecule has 1 aromatic rings. The number of carbonyl (C=O) groups is 1. The fourth-order valence-electron chi connectivity index (χ4n) is 3.15. The lowest BCUT2D eigenvalue weighted by Crippen LogP contribution is -2.45. The minimum Gasteiger partial charge on any atom is -0.455 e. The maximum atomic E-state index is 12.1. The number of hydrogen-bond donors (Lipinski definition) is 1. The molecule has 0 aliphatic carbocycles. The Balaban J connectivity index is 2.52. The number of carbonyl (C=O) groups excluding carboxylic acids is 1. The first kappa shape index (κ1) is 17.4. The van der Waals surface area contributed by atoms with Gasteiger partial charge in [0.05, 0.1) is 0 Å². The normalized spacial score (nSPS) is 26.2. The summed E-state index contributed by atoms with van der Waals surface area (Å²) in [7, 11) is 1.52. The molecule has 2 rings (SSSR count). The van der Waals surface area contributed by atoms with Gasteiger partial charge in [-0.15, -0.1) is 0 Å². The average molecular weight is 326 g/mol. The van der Waals surface area contributed by atoms with Crippen LogP contribution in [0, 0.1) is 0 Å². The van der Waals surface area contributed by atoms with E-state index < -0.39 is 41.3 Å². The highest BCUT2D eigenvalue weighted by Crippen LogP contribution is 2.43. The van der Waals surface area contributed by atoms with E-state index in [1.165, 1.54) is 30.9 Å². The molecular weight excluding hydrogens is 304 g/mol. The van der Waals surface area contributed by atoms with Gasteiger partial charge >= 0.3 is 11.7 Å². The van der Waals surface area contributed by atoms with Crippen LogP contribution in [0.3, 0.4) is 0 Å². The van der Waals surface area contributed by atoms with Gasteiger partial charge in [0.2, 0.25) is 0 Å². The van der Waals surface area contributed by atoms with E-state index in [9.17, 15) is 14.4 Å². The maximum Gasteiger partial charge on any atom is 0.330 e. The lowest BCUT2D eigenvalue weighted by atomic mass is 9.89.